The maximum absolute atomic E-state index is 13.5. The highest BCUT2D eigenvalue weighted by atomic mass is 31.2. The third-order valence-electron chi connectivity index (χ3n) is 14.0. The second-order valence-corrected chi connectivity index (χ2v) is 24.0. The Hall–Kier alpha value is -2.03. The number of ether oxygens (including phenoxy) is 1. The van der Waals surface area contributed by atoms with Crippen LogP contribution in [-0.2, 0) is 27.9 Å². The molecular formula is C64H121N2O7P. The van der Waals surface area contributed by atoms with Crippen molar-refractivity contribution < 1.29 is 37.3 Å². The van der Waals surface area contributed by atoms with Crippen LogP contribution in [0.15, 0.2) is 48.6 Å². The van der Waals surface area contributed by atoms with Gasteiger partial charge in [-0.1, -0.05) is 262 Å². The number of allylic oxidation sites excluding steroid dienone is 7. The van der Waals surface area contributed by atoms with Crippen molar-refractivity contribution in [3.8, 4) is 0 Å². The minimum atomic E-state index is -4.70. The fourth-order valence-corrected chi connectivity index (χ4v) is 9.84. The van der Waals surface area contributed by atoms with Crippen LogP contribution in [0, 0.1) is 0 Å². The monoisotopic (exact) mass is 1060 g/mol. The molecule has 0 saturated heterocycles. The number of hydrogen-bond acceptors (Lipinski definition) is 7. The summed E-state index contributed by atoms with van der Waals surface area (Å²) in [4.78, 5) is 40.0. The van der Waals surface area contributed by atoms with E-state index in [-0.39, 0.29) is 31.5 Å². The molecule has 0 aliphatic rings. The Balaban J connectivity index is 5.22. The Kier molecular flexibility index (Phi) is 52.8. The molecule has 74 heavy (non-hydrogen) atoms. The Morgan fingerprint density at radius 1 is 0.473 bits per heavy atom. The third-order valence-corrected chi connectivity index (χ3v) is 15.0. The van der Waals surface area contributed by atoms with Gasteiger partial charge in [-0.05, 0) is 70.3 Å². The first-order valence-electron chi connectivity index (χ1n) is 31.4. The Morgan fingerprint density at radius 3 is 1.26 bits per heavy atom. The van der Waals surface area contributed by atoms with Crippen LogP contribution in [-0.4, -0.2) is 69.4 Å². The average Bonchev–Trinajstić information content (AvgIpc) is 3.36. The first-order valence-corrected chi connectivity index (χ1v) is 32.9. The summed E-state index contributed by atoms with van der Waals surface area (Å²) in [5.74, 6) is -0.539. The van der Waals surface area contributed by atoms with Crippen LogP contribution in [0.5, 0.6) is 0 Å². The van der Waals surface area contributed by atoms with Crippen LogP contribution in [0.3, 0.4) is 0 Å². The van der Waals surface area contributed by atoms with Crippen molar-refractivity contribution in [3.63, 3.8) is 0 Å². The van der Waals surface area contributed by atoms with E-state index in [0.29, 0.717) is 17.4 Å². The van der Waals surface area contributed by atoms with E-state index >= 15 is 0 Å². The van der Waals surface area contributed by atoms with E-state index in [1.807, 2.05) is 33.3 Å². The number of esters is 1. The van der Waals surface area contributed by atoms with Crippen molar-refractivity contribution in [1.29, 1.82) is 0 Å². The van der Waals surface area contributed by atoms with Crippen LogP contribution in [0.25, 0.3) is 0 Å². The summed E-state index contributed by atoms with van der Waals surface area (Å²) >= 11 is 0. The summed E-state index contributed by atoms with van der Waals surface area (Å²) in [5.41, 5.74) is 0. The van der Waals surface area contributed by atoms with Gasteiger partial charge < -0.3 is 28.5 Å². The van der Waals surface area contributed by atoms with E-state index < -0.39 is 20.0 Å². The highest BCUT2D eigenvalue weighted by molar-refractivity contribution is 7.45. The molecule has 0 aromatic heterocycles. The highest BCUT2D eigenvalue weighted by Crippen LogP contribution is 2.38. The number of nitrogens with one attached hydrogen (secondary N) is 1. The van der Waals surface area contributed by atoms with Crippen LogP contribution < -0.4 is 10.2 Å². The van der Waals surface area contributed by atoms with E-state index in [1.54, 1.807) is 0 Å². The predicted molar refractivity (Wildman–Crippen MR) is 316 cm³/mol. The number of nitrogens with zero attached hydrogens (tertiary/aromatic N) is 1. The second kappa shape index (κ2) is 54.3. The number of carbonyl (C=O) groups is 2. The number of phosphoric ester groups is 1. The zero-order valence-corrected chi connectivity index (χ0v) is 50.4. The first kappa shape index (κ1) is 72.0. The van der Waals surface area contributed by atoms with E-state index in [2.05, 4.69) is 62.5 Å². The van der Waals surface area contributed by atoms with Crippen LogP contribution in [0.2, 0.25) is 0 Å². The third kappa shape index (κ3) is 54.7. The van der Waals surface area contributed by atoms with Crippen molar-refractivity contribution in [1.82, 2.24) is 5.32 Å². The fraction of sp³-hybridized carbons (Fsp3) is 0.844. The highest BCUT2D eigenvalue weighted by Gasteiger charge is 2.27. The van der Waals surface area contributed by atoms with Gasteiger partial charge in [-0.25, -0.2) is 0 Å². The predicted octanol–water partition coefficient (Wildman–Crippen LogP) is 18.6. The van der Waals surface area contributed by atoms with Gasteiger partial charge in [0, 0.05) is 12.8 Å². The van der Waals surface area contributed by atoms with Gasteiger partial charge in [-0.15, -0.1) is 0 Å². The van der Waals surface area contributed by atoms with E-state index in [4.69, 9.17) is 13.8 Å². The Morgan fingerprint density at radius 2 is 0.824 bits per heavy atom. The molecule has 0 aromatic carbocycles. The summed E-state index contributed by atoms with van der Waals surface area (Å²) < 4.78 is 30.3. The first-order chi connectivity index (χ1) is 35.9. The van der Waals surface area contributed by atoms with E-state index in [9.17, 15) is 19.0 Å². The lowest BCUT2D eigenvalue weighted by Gasteiger charge is -2.30. The van der Waals surface area contributed by atoms with Crippen LogP contribution >= 0.6 is 7.82 Å². The van der Waals surface area contributed by atoms with Gasteiger partial charge in [0.05, 0.1) is 33.8 Å². The molecule has 0 aliphatic heterocycles. The maximum atomic E-state index is 13.5. The molecule has 1 N–H and O–H groups in total. The molecule has 0 saturated carbocycles. The smallest absolute Gasteiger partial charge is 0.306 e. The van der Waals surface area contributed by atoms with Gasteiger partial charge in [0.1, 0.15) is 19.3 Å². The molecule has 0 bridgehead atoms. The number of phosphoric acid groups is 1. The minimum absolute atomic E-state index is 0.0228. The van der Waals surface area contributed by atoms with Gasteiger partial charge in [0.15, 0.2) is 0 Å². The van der Waals surface area contributed by atoms with Crippen LogP contribution in [0.4, 0.5) is 0 Å². The molecule has 0 radical (unpaired) electrons. The molecule has 0 heterocycles. The van der Waals surface area contributed by atoms with Crippen molar-refractivity contribution >= 4 is 19.7 Å². The topological polar surface area (TPSA) is 114 Å². The number of hydrogen-bond donors (Lipinski definition) is 1. The molecule has 0 aliphatic carbocycles. The maximum Gasteiger partial charge on any atom is 0.306 e. The van der Waals surface area contributed by atoms with Gasteiger partial charge in [-0.3, -0.25) is 14.2 Å². The molecule has 1 amide bonds. The molecule has 3 atom stereocenters. The van der Waals surface area contributed by atoms with E-state index in [0.717, 1.165) is 83.5 Å². The lowest BCUT2D eigenvalue weighted by molar-refractivity contribution is -0.870. The SMILES string of the molecule is CCCCC/C=C\C/C=C\C/C=C\CCCCCCCCCCC(=O)NC(COP(=O)([O-])OCC[N+](C)(C)C)C(/C=C\CCCCCCCCCCCC)OC(=O)CCCCCCCCCCCCCCCCC. The molecule has 0 rings (SSSR count). The average molecular weight is 1060 g/mol. The quantitative estimate of drug-likeness (QED) is 0.0212. The Bertz CT molecular complexity index is 1410. The standard InChI is InChI=1S/C64H121N2O7P/c1-7-10-13-16-19-22-25-28-30-31-32-33-34-35-37-38-41-44-47-50-53-56-63(67)65-61(60-72-74(69,70)71-59-58-66(4,5)6)62(55-52-49-46-43-40-27-24-21-18-15-12-9-3)73-64(68)57-54-51-48-45-42-39-36-29-26-23-20-17-14-11-8-2/h19,22,28,30,32-33,52,55,61-62H,7-18,20-21,23-27,29,31,34-51,53-54,56-60H2,1-6H3,(H-,65,67,69,70)/b22-19-,30-28-,33-32-,55-52-. The number of quaternary nitrogens is 1. The fourth-order valence-electron chi connectivity index (χ4n) is 9.12. The van der Waals surface area contributed by atoms with Crippen molar-refractivity contribution in [2.24, 2.45) is 0 Å². The largest absolute Gasteiger partial charge is 0.756 e. The molecule has 9 nitrogen and oxygen atoms in total. The lowest BCUT2D eigenvalue weighted by Crippen LogP contribution is -2.47. The van der Waals surface area contributed by atoms with Gasteiger partial charge in [-0.2, -0.15) is 0 Å². The van der Waals surface area contributed by atoms with E-state index in [1.165, 1.54) is 180 Å². The number of rotatable bonds is 57. The number of carbonyl (C=O) groups excluding carboxylic acids is 2. The number of amides is 1. The Labute approximate surface area is 458 Å². The summed E-state index contributed by atoms with van der Waals surface area (Å²) in [6, 6.07) is -0.889. The zero-order valence-electron chi connectivity index (χ0n) is 49.6. The molecule has 10 heteroatoms. The number of likely N-dealkylation sites (N-methyl/N-ethyl adjacent to an activating group) is 1. The molecule has 0 aromatic rings. The summed E-state index contributed by atoms with van der Waals surface area (Å²) in [6.45, 7) is 6.84. The van der Waals surface area contributed by atoms with Gasteiger partial charge in [0.2, 0.25) is 5.91 Å². The van der Waals surface area contributed by atoms with Crippen molar-refractivity contribution in [2.75, 3.05) is 40.9 Å². The second-order valence-electron chi connectivity index (χ2n) is 22.6. The molecular weight excluding hydrogens is 940 g/mol. The number of unbranched alkanes of at least 4 members (excludes halogenated alkanes) is 35. The van der Waals surface area contributed by atoms with Gasteiger partial charge in [0.25, 0.3) is 7.82 Å². The summed E-state index contributed by atoms with van der Waals surface area (Å²) in [6.07, 6.45) is 66.4. The van der Waals surface area contributed by atoms with Crippen molar-refractivity contribution in [2.45, 2.75) is 309 Å². The summed E-state index contributed by atoms with van der Waals surface area (Å²) in [7, 11) is 1.19. The normalized spacial score (nSPS) is 14.0. The van der Waals surface area contributed by atoms with Crippen molar-refractivity contribution in [3.05, 3.63) is 48.6 Å². The summed E-state index contributed by atoms with van der Waals surface area (Å²) in [5, 5.41) is 3.03. The molecule has 0 fully saturated rings. The van der Waals surface area contributed by atoms with Gasteiger partial charge >= 0.3 is 5.97 Å². The lowest BCUT2D eigenvalue weighted by atomic mass is 10.0. The molecule has 0 spiro atoms. The molecule has 434 valence electrons. The van der Waals surface area contributed by atoms with Crippen LogP contribution in [0.1, 0.15) is 297 Å². The zero-order chi connectivity index (χ0) is 54.3. The molecule has 3 unspecified atom stereocenters. The minimum Gasteiger partial charge on any atom is -0.756 e.